The van der Waals surface area contributed by atoms with Crippen molar-refractivity contribution < 1.29 is 15.0 Å². The number of rotatable bonds is 2. The smallest absolute Gasteiger partial charge is 0.407 e. The third-order valence-electron chi connectivity index (χ3n) is 3.04. The molecule has 1 aromatic rings. The van der Waals surface area contributed by atoms with Crippen LogP contribution in [0.4, 0.5) is 4.79 Å². The van der Waals surface area contributed by atoms with Crippen LogP contribution in [0.3, 0.4) is 0 Å². The zero-order valence-electron chi connectivity index (χ0n) is 9.13. The predicted octanol–water partition coefficient (Wildman–Crippen LogP) is 1.82. The van der Waals surface area contributed by atoms with Gasteiger partial charge in [0.15, 0.2) is 0 Å². The SMILES string of the molecule is CC(O)c1ccccc1C1CN(C(=O)O)C1. The van der Waals surface area contributed by atoms with Gasteiger partial charge in [0, 0.05) is 19.0 Å². The van der Waals surface area contributed by atoms with E-state index in [0.29, 0.717) is 13.1 Å². The van der Waals surface area contributed by atoms with Crippen molar-refractivity contribution in [2.75, 3.05) is 13.1 Å². The van der Waals surface area contributed by atoms with Gasteiger partial charge in [0.25, 0.3) is 0 Å². The number of likely N-dealkylation sites (tertiary alicyclic amines) is 1. The molecule has 86 valence electrons. The first-order chi connectivity index (χ1) is 7.59. The lowest BCUT2D eigenvalue weighted by atomic mass is 9.87. The molecule has 1 aliphatic heterocycles. The Morgan fingerprint density at radius 1 is 1.44 bits per heavy atom. The van der Waals surface area contributed by atoms with Crippen LogP contribution in [0.1, 0.15) is 30.1 Å². The van der Waals surface area contributed by atoms with Crippen LogP contribution in [0.25, 0.3) is 0 Å². The maximum atomic E-state index is 10.7. The molecule has 0 aromatic heterocycles. The van der Waals surface area contributed by atoms with Crippen molar-refractivity contribution in [3.8, 4) is 0 Å². The Morgan fingerprint density at radius 3 is 2.62 bits per heavy atom. The first-order valence-corrected chi connectivity index (χ1v) is 5.34. The molecule has 0 aliphatic carbocycles. The predicted molar refractivity (Wildman–Crippen MR) is 59.4 cm³/mol. The number of nitrogens with zero attached hydrogens (tertiary/aromatic N) is 1. The standard InChI is InChI=1S/C12H15NO3/c1-8(14)10-4-2-3-5-11(10)9-6-13(7-9)12(15)16/h2-5,8-9,14H,6-7H2,1H3,(H,15,16). The molecule has 4 heteroatoms. The second kappa shape index (κ2) is 4.14. The van der Waals surface area contributed by atoms with Crippen LogP contribution < -0.4 is 0 Å². The fourth-order valence-corrected chi connectivity index (χ4v) is 2.09. The van der Waals surface area contributed by atoms with Gasteiger partial charge in [-0.25, -0.2) is 4.79 Å². The van der Waals surface area contributed by atoms with Crippen molar-refractivity contribution in [1.29, 1.82) is 0 Å². The molecule has 0 bridgehead atoms. The molecular formula is C12H15NO3. The zero-order valence-corrected chi connectivity index (χ0v) is 9.13. The Kier molecular flexibility index (Phi) is 2.83. The van der Waals surface area contributed by atoms with Crippen LogP contribution in [0.5, 0.6) is 0 Å². The number of hydrogen-bond acceptors (Lipinski definition) is 2. The van der Waals surface area contributed by atoms with Crippen molar-refractivity contribution in [2.24, 2.45) is 0 Å². The third kappa shape index (κ3) is 1.88. The molecule has 4 nitrogen and oxygen atoms in total. The van der Waals surface area contributed by atoms with Crippen LogP contribution in [-0.2, 0) is 0 Å². The fraction of sp³-hybridized carbons (Fsp3) is 0.417. The molecule has 1 amide bonds. The van der Waals surface area contributed by atoms with Crippen molar-refractivity contribution in [3.63, 3.8) is 0 Å². The van der Waals surface area contributed by atoms with Gasteiger partial charge in [-0.05, 0) is 18.1 Å². The van der Waals surface area contributed by atoms with E-state index in [1.54, 1.807) is 6.92 Å². The summed E-state index contributed by atoms with van der Waals surface area (Å²) in [7, 11) is 0. The second-order valence-electron chi connectivity index (χ2n) is 4.19. The molecule has 1 atom stereocenters. The van der Waals surface area contributed by atoms with Crippen molar-refractivity contribution in [1.82, 2.24) is 4.90 Å². The molecule has 1 aliphatic rings. The highest BCUT2D eigenvalue weighted by molar-refractivity contribution is 5.66. The van der Waals surface area contributed by atoms with Crippen LogP contribution >= 0.6 is 0 Å². The summed E-state index contributed by atoms with van der Waals surface area (Å²) in [5.74, 6) is 0.224. The molecule has 0 saturated carbocycles. The number of carbonyl (C=O) groups is 1. The van der Waals surface area contributed by atoms with Gasteiger partial charge in [0.1, 0.15) is 0 Å². The van der Waals surface area contributed by atoms with Crippen LogP contribution in [0, 0.1) is 0 Å². The first kappa shape index (κ1) is 11.0. The van der Waals surface area contributed by atoms with E-state index in [2.05, 4.69) is 0 Å². The van der Waals surface area contributed by atoms with E-state index in [9.17, 15) is 9.90 Å². The number of carboxylic acid groups (broad SMARTS) is 1. The highest BCUT2D eigenvalue weighted by Crippen LogP contribution is 2.31. The molecule has 2 rings (SSSR count). The summed E-state index contributed by atoms with van der Waals surface area (Å²) in [5.41, 5.74) is 1.97. The molecule has 16 heavy (non-hydrogen) atoms. The van der Waals surface area contributed by atoms with E-state index in [-0.39, 0.29) is 5.92 Å². The van der Waals surface area contributed by atoms with Gasteiger partial charge in [0.2, 0.25) is 0 Å². The van der Waals surface area contributed by atoms with E-state index < -0.39 is 12.2 Å². The Labute approximate surface area is 94.1 Å². The zero-order chi connectivity index (χ0) is 11.7. The average molecular weight is 221 g/mol. The van der Waals surface area contributed by atoms with Crippen molar-refractivity contribution >= 4 is 6.09 Å². The van der Waals surface area contributed by atoms with Crippen LogP contribution in [-0.4, -0.2) is 34.3 Å². The topological polar surface area (TPSA) is 60.8 Å². The largest absolute Gasteiger partial charge is 0.465 e. The minimum Gasteiger partial charge on any atom is -0.465 e. The van der Waals surface area contributed by atoms with E-state index in [1.807, 2.05) is 24.3 Å². The van der Waals surface area contributed by atoms with Gasteiger partial charge in [-0.1, -0.05) is 24.3 Å². The number of amides is 1. The van der Waals surface area contributed by atoms with Gasteiger partial charge in [-0.3, -0.25) is 0 Å². The Bertz CT molecular complexity index is 397. The molecule has 2 N–H and O–H groups in total. The van der Waals surface area contributed by atoms with E-state index >= 15 is 0 Å². The highest BCUT2D eigenvalue weighted by Gasteiger charge is 2.33. The van der Waals surface area contributed by atoms with E-state index in [0.717, 1.165) is 11.1 Å². The summed E-state index contributed by atoms with van der Waals surface area (Å²) in [4.78, 5) is 12.0. The normalized spacial score (nSPS) is 18.0. The summed E-state index contributed by atoms with van der Waals surface area (Å²) in [5, 5.41) is 18.4. The summed E-state index contributed by atoms with van der Waals surface area (Å²) >= 11 is 0. The molecule has 1 fully saturated rings. The van der Waals surface area contributed by atoms with E-state index in [1.165, 1.54) is 4.90 Å². The van der Waals surface area contributed by atoms with Crippen molar-refractivity contribution in [2.45, 2.75) is 18.9 Å². The van der Waals surface area contributed by atoms with Crippen molar-refractivity contribution in [3.05, 3.63) is 35.4 Å². The first-order valence-electron chi connectivity index (χ1n) is 5.34. The molecule has 1 saturated heterocycles. The number of hydrogen-bond donors (Lipinski definition) is 2. The maximum absolute atomic E-state index is 10.7. The Morgan fingerprint density at radius 2 is 2.06 bits per heavy atom. The summed E-state index contributed by atoms with van der Waals surface area (Å²) in [6.07, 6.45) is -1.37. The number of aliphatic hydroxyl groups is 1. The molecule has 0 spiro atoms. The van der Waals surface area contributed by atoms with Crippen LogP contribution in [0.15, 0.2) is 24.3 Å². The van der Waals surface area contributed by atoms with Gasteiger partial charge < -0.3 is 15.1 Å². The number of benzene rings is 1. The lowest BCUT2D eigenvalue weighted by Gasteiger charge is -2.38. The minimum absolute atomic E-state index is 0.224. The van der Waals surface area contributed by atoms with Gasteiger partial charge in [0.05, 0.1) is 6.10 Å². The van der Waals surface area contributed by atoms with Gasteiger partial charge in [-0.15, -0.1) is 0 Å². The summed E-state index contributed by atoms with van der Waals surface area (Å²) in [6.45, 7) is 2.78. The third-order valence-corrected chi connectivity index (χ3v) is 3.04. The van der Waals surface area contributed by atoms with Gasteiger partial charge >= 0.3 is 6.09 Å². The molecule has 0 radical (unpaired) electrons. The minimum atomic E-state index is -0.870. The number of aliphatic hydroxyl groups excluding tert-OH is 1. The summed E-state index contributed by atoms with van der Waals surface area (Å²) < 4.78 is 0. The molecule has 1 heterocycles. The monoisotopic (exact) mass is 221 g/mol. The maximum Gasteiger partial charge on any atom is 0.407 e. The summed E-state index contributed by atoms with van der Waals surface area (Å²) in [6, 6.07) is 7.67. The second-order valence-corrected chi connectivity index (χ2v) is 4.19. The molecule has 1 unspecified atom stereocenters. The lowest BCUT2D eigenvalue weighted by Crippen LogP contribution is -2.48. The fourth-order valence-electron chi connectivity index (χ4n) is 2.09. The average Bonchev–Trinajstić information content (AvgIpc) is 2.15. The Balaban J connectivity index is 2.14. The molecule has 1 aromatic carbocycles. The quantitative estimate of drug-likeness (QED) is 0.800. The lowest BCUT2D eigenvalue weighted by molar-refractivity contribution is 0.104. The van der Waals surface area contributed by atoms with E-state index in [4.69, 9.17) is 5.11 Å². The van der Waals surface area contributed by atoms with Gasteiger partial charge in [-0.2, -0.15) is 0 Å². The Hall–Kier alpha value is -1.55. The highest BCUT2D eigenvalue weighted by atomic mass is 16.4. The molecular weight excluding hydrogens is 206 g/mol. The van der Waals surface area contributed by atoms with Crippen LogP contribution in [0.2, 0.25) is 0 Å².